The Labute approximate surface area is 96.0 Å². The minimum atomic E-state index is -1.21. The van der Waals surface area contributed by atoms with Gasteiger partial charge in [0, 0.05) is 17.8 Å². The summed E-state index contributed by atoms with van der Waals surface area (Å²) < 4.78 is 14.2. The molecule has 2 atom stereocenters. The molecule has 0 fully saturated rings. The van der Waals surface area contributed by atoms with Crippen molar-refractivity contribution in [3.8, 4) is 12.3 Å². The van der Waals surface area contributed by atoms with E-state index in [1.165, 1.54) is 0 Å². The van der Waals surface area contributed by atoms with Crippen molar-refractivity contribution in [1.29, 1.82) is 0 Å². The van der Waals surface area contributed by atoms with Crippen LogP contribution in [0.25, 0.3) is 0 Å². The molecular weight excluding hydrogens is 210 g/mol. The van der Waals surface area contributed by atoms with E-state index in [4.69, 9.17) is 6.42 Å². The Morgan fingerprint density at radius 2 is 1.87 bits per heavy atom. The summed E-state index contributed by atoms with van der Waals surface area (Å²) in [4.78, 5) is 0. The molecule has 0 rings (SSSR count). The standard InChI is InChI=1S/C11H21NO2S/c1-7-9(8-11(5,6)13)12-15(14)10(2,3)4/h1,9,12-13H,8H2,2-6H3. The van der Waals surface area contributed by atoms with E-state index in [9.17, 15) is 9.66 Å². The first-order valence-electron chi connectivity index (χ1n) is 4.93. The summed E-state index contributed by atoms with van der Waals surface area (Å²) in [7, 11) is 0. The zero-order valence-electron chi connectivity index (χ0n) is 10.1. The predicted molar refractivity (Wildman–Crippen MR) is 64.6 cm³/mol. The highest BCUT2D eigenvalue weighted by molar-refractivity contribution is 7.90. The molecule has 88 valence electrons. The van der Waals surface area contributed by atoms with Gasteiger partial charge >= 0.3 is 0 Å². The van der Waals surface area contributed by atoms with Gasteiger partial charge in [0.1, 0.15) is 10.8 Å². The van der Waals surface area contributed by atoms with Crippen LogP contribution in [0.1, 0.15) is 41.0 Å². The van der Waals surface area contributed by atoms with Crippen molar-refractivity contribution >= 4 is 11.4 Å². The van der Waals surface area contributed by atoms with Crippen LogP contribution in [0.5, 0.6) is 0 Å². The predicted octanol–water partition coefficient (Wildman–Crippen LogP) is 1.20. The molecule has 0 amide bonds. The normalized spacial score (nSPS) is 16.9. The number of hydrogen-bond acceptors (Lipinski definition) is 3. The molecule has 0 bridgehead atoms. The summed E-state index contributed by atoms with van der Waals surface area (Å²) in [6, 6.07) is -0.370. The summed E-state index contributed by atoms with van der Waals surface area (Å²) >= 11 is -1.21. The van der Waals surface area contributed by atoms with E-state index in [0.29, 0.717) is 6.42 Å². The molecule has 0 saturated carbocycles. The summed E-state index contributed by atoms with van der Waals surface area (Å²) in [5.74, 6) is 2.50. The summed E-state index contributed by atoms with van der Waals surface area (Å²) in [5.41, 5.74) is -0.855. The fourth-order valence-electron chi connectivity index (χ4n) is 0.940. The first-order valence-corrected chi connectivity index (χ1v) is 6.08. The van der Waals surface area contributed by atoms with Crippen LogP contribution >= 0.6 is 0 Å². The lowest BCUT2D eigenvalue weighted by atomic mass is 10.0. The lowest BCUT2D eigenvalue weighted by Crippen LogP contribution is -2.46. The Balaban J connectivity index is 4.31. The van der Waals surface area contributed by atoms with Crippen LogP contribution in [-0.2, 0) is 11.4 Å². The molecule has 0 aliphatic heterocycles. The van der Waals surface area contributed by atoms with Crippen LogP contribution in [0.15, 0.2) is 0 Å². The summed E-state index contributed by atoms with van der Waals surface area (Å²) in [5, 5.41) is 9.60. The Bertz CT molecular complexity index is 234. The Kier molecular flexibility index (Phi) is 5.15. The molecule has 0 spiro atoms. The van der Waals surface area contributed by atoms with Crippen molar-refractivity contribution in [3.63, 3.8) is 0 Å². The molecule has 2 unspecified atom stereocenters. The van der Waals surface area contributed by atoms with Crippen LogP contribution in [0.2, 0.25) is 0 Å². The molecule has 0 aromatic heterocycles. The van der Waals surface area contributed by atoms with Gasteiger partial charge in [0.25, 0.3) is 0 Å². The molecule has 0 saturated heterocycles. The van der Waals surface area contributed by atoms with Gasteiger partial charge in [-0.1, -0.05) is 5.92 Å². The van der Waals surface area contributed by atoms with Crippen molar-refractivity contribution in [2.24, 2.45) is 0 Å². The number of nitrogens with one attached hydrogen (secondary N) is 1. The van der Waals surface area contributed by atoms with Gasteiger partial charge in [0.2, 0.25) is 0 Å². The van der Waals surface area contributed by atoms with Crippen LogP contribution in [0.3, 0.4) is 0 Å². The third kappa shape index (κ3) is 6.80. The third-order valence-electron chi connectivity index (χ3n) is 1.71. The number of terminal acetylenes is 1. The van der Waals surface area contributed by atoms with E-state index in [2.05, 4.69) is 10.6 Å². The highest BCUT2D eigenvalue weighted by atomic mass is 32.2. The highest BCUT2D eigenvalue weighted by Gasteiger charge is 2.30. The Morgan fingerprint density at radius 3 is 2.13 bits per heavy atom. The fourth-order valence-corrected chi connectivity index (χ4v) is 1.70. The minimum absolute atomic E-state index is 0.352. The van der Waals surface area contributed by atoms with Gasteiger partial charge in [-0.3, -0.25) is 0 Å². The lowest BCUT2D eigenvalue weighted by molar-refractivity contribution is 0.0672. The maximum Gasteiger partial charge on any atom is 0.136 e. The zero-order chi connectivity index (χ0) is 12.3. The zero-order valence-corrected chi connectivity index (χ0v) is 10.9. The van der Waals surface area contributed by atoms with Crippen molar-refractivity contribution in [2.45, 2.75) is 57.4 Å². The molecule has 15 heavy (non-hydrogen) atoms. The highest BCUT2D eigenvalue weighted by Crippen LogP contribution is 2.16. The Hall–Kier alpha value is -0.210. The van der Waals surface area contributed by atoms with Crippen LogP contribution in [-0.4, -0.2) is 26.0 Å². The van der Waals surface area contributed by atoms with Gasteiger partial charge in [-0.05, 0) is 34.6 Å². The molecule has 0 radical (unpaired) electrons. The number of aliphatic hydroxyl groups is 1. The smallest absolute Gasteiger partial charge is 0.136 e. The van der Waals surface area contributed by atoms with Crippen molar-refractivity contribution < 1.29 is 9.66 Å². The van der Waals surface area contributed by atoms with Gasteiger partial charge < -0.3 is 9.66 Å². The molecular formula is C11H21NO2S. The van der Waals surface area contributed by atoms with Gasteiger partial charge in [-0.15, -0.1) is 11.1 Å². The average Bonchev–Trinajstić information content (AvgIpc) is 1.98. The lowest BCUT2D eigenvalue weighted by Gasteiger charge is -2.28. The van der Waals surface area contributed by atoms with Crippen molar-refractivity contribution in [1.82, 2.24) is 4.72 Å². The van der Waals surface area contributed by atoms with Gasteiger partial charge in [-0.25, -0.2) is 0 Å². The monoisotopic (exact) mass is 231 g/mol. The number of rotatable bonds is 4. The molecule has 4 heteroatoms. The van der Waals surface area contributed by atoms with E-state index >= 15 is 0 Å². The molecule has 2 N–H and O–H groups in total. The first-order chi connectivity index (χ1) is 6.56. The molecule has 0 aliphatic carbocycles. The molecule has 0 aliphatic rings. The first kappa shape index (κ1) is 14.8. The summed E-state index contributed by atoms with van der Waals surface area (Å²) in [6.45, 7) is 8.97. The van der Waals surface area contributed by atoms with Crippen molar-refractivity contribution in [3.05, 3.63) is 0 Å². The summed E-state index contributed by atoms with van der Waals surface area (Å²) in [6.07, 6.45) is 5.69. The maximum absolute atomic E-state index is 11.7. The van der Waals surface area contributed by atoms with Gasteiger partial charge in [-0.2, -0.15) is 0 Å². The Morgan fingerprint density at radius 1 is 1.40 bits per heavy atom. The van der Waals surface area contributed by atoms with Crippen LogP contribution in [0, 0.1) is 12.3 Å². The molecule has 0 aromatic rings. The second kappa shape index (κ2) is 5.22. The second-order valence-corrected chi connectivity index (χ2v) is 7.23. The second-order valence-electron chi connectivity index (χ2n) is 5.23. The van der Waals surface area contributed by atoms with Crippen LogP contribution in [0.4, 0.5) is 0 Å². The van der Waals surface area contributed by atoms with E-state index in [-0.39, 0.29) is 10.8 Å². The molecule has 0 aromatic carbocycles. The SMILES string of the molecule is C#CC(CC(C)(C)O)N[S+]([O-])C(C)(C)C. The maximum atomic E-state index is 11.7. The quantitative estimate of drug-likeness (QED) is 0.564. The third-order valence-corrected chi connectivity index (χ3v) is 3.32. The van der Waals surface area contributed by atoms with Crippen LogP contribution < -0.4 is 4.72 Å². The van der Waals surface area contributed by atoms with E-state index in [0.717, 1.165) is 0 Å². The molecule has 0 heterocycles. The number of hydrogen-bond donors (Lipinski definition) is 2. The van der Waals surface area contributed by atoms with E-state index in [1.807, 2.05) is 20.8 Å². The topological polar surface area (TPSA) is 55.3 Å². The fraction of sp³-hybridized carbons (Fsp3) is 0.818. The molecule has 3 nitrogen and oxygen atoms in total. The van der Waals surface area contributed by atoms with E-state index in [1.54, 1.807) is 13.8 Å². The average molecular weight is 231 g/mol. The largest absolute Gasteiger partial charge is 0.598 e. The van der Waals surface area contributed by atoms with Crippen molar-refractivity contribution in [2.75, 3.05) is 0 Å². The van der Waals surface area contributed by atoms with Gasteiger partial charge in [0.05, 0.1) is 5.60 Å². The van der Waals surface area contributed by atoms with E-state index < -0.39 is 17.0 Å². The minimum Gasteiger partial charge on any atom is -0.598 e. The van der Waals surface area contributed by atoms with Gasteiger partial charge in [0.15, 0.2) is 0 Å².